The number of β-amino-alcohol motifs (C(OH)–C–C–N with tert-alkyl or cyclic N) is 1. The van der Waals surface area contributed by atoms with Gasteiger partial charge in [0.15, 0.2) is 0 Å². The molecule has 0 unspecified atom stereocenters. The van der Waals surface area contributed by atoms with E-state index in [0.717, 1.165) is 12.3 Å². The van der Waals surface area contributed by atoms with Gasteiger partial charge in [-0.25, -0.2) is 0 Å². The third kappa shape index (κ3) is 2.68. The first-order valence-electron chi connectivity index (χ1n) is 5.54. The second-order valence-corrected chi connectivity index (χ2v) is 5.18. The molecule has 2 amide bonds. The highest BCUT2D eigenvalue weighted by atomic mass is 32.2. The van der Waals surface area contributed by atoms with Gasteiger partial charge in [-0.3, -0.25) is 9.59 Å². The average molecular weight is 244 g/mol. The molecule has 0 aliphatic carbocycles. The lowest BCUT2D eigenvalue weighted by Gasteiger charge is -2.18. The van der Waals surface area contributed by atoms with Gasteiger partial charge in [-0.2, -0.15) is 0 Å². The van der Waals surface area contributed by atoms with Crippen LogP contribution in [0.15, 0.2) is 0 Å². The molecule has 0 aromatic rings. The zero-order chi connectivity index (χ0) is 11.5. The molecule has 0 spiro atoms. The van der Waals surface area contributed by atoms with Gasteiger partial charge in [-0.15, -0.1) is 0 Å². The van der Waals surface area contributed by atoms with E-state index in [4.69, 9.17) is 0 Å². The van der Waals surface area contributed by atoms with Crippen LogP contribution < -0.4 is 0 Å². The minimum atomic E-state index is -0.368. The number of carbonyl (C=O) groups excluding carboxylic acids is 2. The molecule has 2 fully saturated rings. The van der Waals surface area contributed by atoms with Gasteiger partial charge < -0.3 is 14.9 Å². The first kappa shape index (κ1) is 11.7. The standard InChI is InChI=1S/C10H16N2O3S/c13-8-1-3-12(7-8)9(14)2-4-11-5-6-16-10(11)15/h8,13H,1-7H2/t8-/m0/s1. The van der Waals surface area contributed by atoms with Crippen LogP contribution in [0.3, 0.4) is 0 Å². The molecule has 0 aromatic heterocycles. The molecule has 2 aliphatic heterocycles. The van der Waals surface area contributed by atoms with Gasteiger partial charge in [-0.05, 0) is 6.42 Å². The number of aliphatic hydroxyl groups is 1. The number of rotatable bonds is 3. The topological polar surface area (TPSA) is 60.9 Å². The Morgan fingerprint density at radius 3 is 2.88 bits per heavy atom. The Kier molecular flexibility index (Phi) is 3.70. The lowest BCUT2D eigenvalue weighted by atomic mass is 10.3. The van der Waals surface area contributed by atoms with Gasteiger partial charge in [-0.1, -0.05) is 11.8 Å². The minimum Gasteiger partial charge on any atom is -0.391 e. The third-order valence-electron chi connectivity index (χ3n) is 2.96. The monoisotopic (exact) mass is 244 g/mol. The molecular formula is C10H16N2O3S. The number of hydrogen-bond acceptors (Lipinski definition) is 4. The molecule has 2 aliphatic rings. The SMILES string of the molecule is O=C(CCN1CCSC1=O)N1CC[C@H](O)C1. The summed E-state index contributed by atoms with van der Waals surface area (Å²) in [5.74, 6) is 0.872. The summed E-state index contributed by atoms with van der Waals surface area (Å²) in [6, 6.07) is 0. The second-order valence-electron chi connectivity index (χ2n) is 4.13. The molecule has 90 valence electrons. The molecule has 0 radical (unpaired) electrons. The van der Waals surface area contributed by atoms with Crippen molar-refractivity contribution in [1.82, 2.24) is 9.80 Å². The van der Waals surface area contributed by atoms with Gasteiger partial charge >= 0.3 is 0 Å². The maximum absolute atomic E-state index is 11.7. The Balaban J connectivity index is 1.73. The van der Waals surface area contributed by atoms with E-state index in [1.165, 1.54) is 11.8 Å². The summed E-state index contributed by atoms with van der Waals surface area (Å²) in [7, 11) is 0. The summed E-state index contributed by atoms with van der Waals surface area (Å²) in [4.78, 5) is 26.4. The van der Waals surface area contributed by atoms with E-state index >= 15 is 0 Å². The lowest BCUT2D eigenvalue weighted by molar-refractivity contribution is -0.130. The molecule has 1 N–H and O–H groups in total. The highest BCUT2D eigenvalue weighted by molar-refractivity contribution is 8.13. The fourth-order valence-corrected chi connectivity index (χ4v) is 2.84. The number of hydrogen-bond donors (Lipinski definition) is 1. The van der Waals surface area contributed by atoms with Crippen LogP contribution in [0.4, 0.5) is 4.79 Å². The first-order valence-corrected chi connectivity index (χ1v) is 6.53. The molecule has 2 saturated heterocycles. The Bertz CT molecular complexity index is 298. The van der Waals surface area contributed by atoms with E-state index in [2.05, 4.69) is 0 Å². The lowest BCUT2D eigenvalue weighted by Crippen LogP contribution is -2.33. The van der Waals surface area contributed by atoms with Crippen LogP contribution >= 0.6 is 11.8 Å². The third-order valence-corrected chi connectivity index (χ3v) is 3.85. The summed E-state index contributed by atoms with van der Waals surface area (Å²) in [6.07, 6.45) is 0.677. The average Bonchev–Trinajstić information content (AvgIpc) is 2.84. The zero-order valence-corrected chi connectivity index (χ0v) is 9.91. The molecule has 5 nitrogen and oxygen atoms in total. The van der Waals surface area contributed by atoms with Crippen LogP contribution in [0.1, 0.15) is 12.8 Å². The Labute approximate surface area is 98.8 Å². The summed E-state index contributed by atoms with van der Waals surface area (Å²) in [5, 5.41) is 9.39. The normalized spacial score (nSPS) is 25.6. The van der Waals surface area contributed by atoms with Gasteiger partial charge in [0.2, 0.25) is 5.91 Å². The van der Waals surface area contributed by atoms with E-state index < -0.39 is 0 Å². The van der Waals surface area contributed by atoms with Crippen LogP contribution in [0, 0.1) is 0 Å². The molecular weight excluding hydrogens is 228 g/mol. The fraction of sp³-hybridized carbons (Fsp3) is 0.800. The van der Waals surface area contributed by atoms with Crippen molar-refractivity contribution in [2.24, 2.45) is 0 Å². The summed E-state index contributed by atoms with van der Waals surface area (Å²) in [5.41, 5.74) is 0. The molecule has 0 aromatic carbocycles. The van der Waals surface area contributed by atoms with Crippen molar-refractivity contribution in [3.8, 4) is 0 Å². The van der Waals surface area contributed by atoms with Crippen LogP contribution in [0.2, 0.25) is 0 Å². The number of amides is 2. The highest BCUT2D eigenvalue weighted by Crippen LogP contribution is 2.18. The van der Waals surface area contributed by atoms with Crippen molar-refractivity contribution in [1.29, 1.82) is 0 Å². The Morgan fingerprint density at radius 1 is 1.50 bits per heavy atom. The fourth-order valence-electron chi connectivity index (χ4n) is 1.99. The number of thioether (sulfide) groups is 1. The van der Waals surface area contributed by atoms with E-state index in [9.17, 15) is 14.7 Å². The molecule has 1 atom stereocenters. The second kappa shape index (κ2) is 5.05. The number of carbonyl (C=O) groups is 2. The van der Waals surface area contributed by atoms with Crippen molar-refractivity contribution >= 4 is 22.9 Å². The molecule has 2 rings (SSSR count). The van der Waals surface area contributed by atoms with Crippen molar-refractivity contribution < 1.29 is 14.7 Å². The van der Waals surface area contributed by atoms with Crippen molar-refractivity contribution in [2.75, 3.05) is 31.9 Å². The van der Waals surface area contributed by atoms with Crippen LogP contribution in [-0.2, 0) is 4.79 Å². The number of aliphatic hydroxyl groups excluding tert-OH is 1. The molecule has 0 bridgehead atoms. The van der Waals surface area contributed by atoms with Gasteiger partial charge in [0.05, 0.1) is 6.10 Å². The Morgan fingerprint density at radius 2 is 2.31 bits per heavy atom. The van der Waals surface area contributed by atoms with Gasteiger partial charge in [0, 0.05) is 38.4 Å². The minimum absolute atomic E-state index is 0.0428. The van der Waals surface area contributed by atoms with E-state index in [-0.39, 0.29) is 17.3 Å². The largest absolute Gasteiger partial charge is 0.391 e. The van der Waals surface area contributed by atoms with Crippen molar-refractivity contribution in [3.05, 3.63) is 0 Å². The number of nitrogens with zero attached hydrogens (tertiary/aromatic N) is 2. The molecule has 16 heavy (non-hydrogen) atoms. The van der Waals surface area contributed by atoms with E-state index in [0.29, 0.717) is 32.5 Å². The Hall–Kier alpha value is -0.750. The quantitative estimate of drug-likeness (QED) is 0.767. The van der Waals surface area contributed by atoms with Gasteiger partial charge in [0.1, 0.15) is 0 Å². The number of likely N-dealkylation sites (tertiary alicyclic amines) is 1. The zero-order valence-electron chi connectivity index (χ0n) is 9.09. The maximum atomic E-state index is 11.7. The maximum Gasteiger partial charge on any atom is 0.281 e. The van der Waals surface area contributed by atoms with Crippen LogP contribution in [0.25, 0.3) is 0 Å². The molecule has 0 saturated carbocycles. The van der Waals surface area contributed by atoms with E-state index in [1.807, 2.05) is 0 Å². The smallest absolute Gasteiger partial charge is 0.281 e. The van der Waals surface area contributed by atoms with E-state index in [1.54, 1.807) is 9.80 Å². The summed E-state index contributed by atoms with van der Waals surface area (Å²) in [6.45, 7) is 2.35. The van der Waals surface area contributed by atoms with Crippen molar-refractivity contribution in [3.63, 3.8) is 0 Å². The first-order chi connectivity index (χ1) is 7.66. The highest BCUT2D eigenvalue weighted by Gasteiger charge is 2.26. The predicted molar refractivity (Wildman–Crippen MR) is 61.2 cm³/mol. The van der Waals surface area contributed by atoms with Crippen LogP contribution in [0.5, 0.6) is 0 Å². The molecule has 2 heterocycles. The molecule has 6 heteroatoms. The predicted octanol–water partition coefficient (Wildman–Crippen LogP) is 0.138. The van der Waals surface area contributed by atoms with Crippen LogP contribution in [-0.4, -0.2) is 64.1 Å². The van der Waals surface area contributed by atoms with Crippen molar-refractivity contribution in [2.45, 2.75) is 18.9 Å². The summed E-state index contributed by atoms with van der Waals surface area (Å²) >= 11 is 1.31. The summed E-state index contributed by atoms with van der Waals surface area (Å²) < 4.78 is 0. The van der Waals surface area contributed by atoms with Gasteiger partial charge in [0.25, 0.3) is 5.24 Å².